The third-order valence-electron chi connectivity index (χ3n) is 4.59. The molecule has 0 radical (unpaired) electrons. The molecular formula is C22H23Br. The van der Waals surface area contributed by atoms with Crippen LogP contribution in [0.5, 0.6) is 0 Å². The van der Waals surface area contributed by atoms with Gasteiger partial charge >= 0.3 is 0 Å². The number of allylic oxidation sites excluding steroid dienone is 1. The van der Waals surface area contributed by atoms with Crippen LogP contribution in [-0.2, 0) is 6.42 Å². The van der Waals surface area contributed by atoms with E-state index in [-0.39, 0.29) is 0 Å². The minimum atomic E-state index is 0.603. The van der Waals surface area contributed by atoms with Crippen molar-refractivity contribution in [3.63, 3.8) is 0 Å². The summed E-state index contributed by atoms with van der Waals surface area (Å²) in [7, 11) is 0. The molecule has 0 aromatic heterocycles. The van der Waals surface area contributed by atoms with E-state index in [1.165, 1.54) is 46.4 Å². The first-order valence-electron chi connectivity index (χ1n) is 8.49. The largest absolute Gasteiger partial charge is 0.0742 e. The van der Waals surface area contributed by atoms with Crippen LogP contribution in [0.3, 0.4) is 0 Å². The monoisotopic (exact) mass is 366 g/mol. The first kappa shape index (κ1) is 16.3. The summed E-state index contributed by atoms with van der Waals surface area (Å²) in [4.78, 5) is 2.02. The lowest BCUT2D eigenvalue weighted by molar-refractivity contribution is 0.554. The Labute approximate surface area is 147 Å². The quantitative estimate of drug-likeness (QED) is 0.403. The molecule has 0 bridgehead atoms. The van der Waals surface area contributed by atoms with Gasteiger partial charge in [0.2, 0.25) is 0 Å². The Morgan fingerprint density at radius 2 is 1.70 bits per heavy atom. The highest BCUT2D eigenvalue weighted by atomic mass is 79.9. The Morgan fingerprint density at radius 1 is 0.957 bits per heavy atom. The maximum absolute atomic E-state index is 3.46. The van der Waals surface area contributed by atoms with Crippen LogP contribution in [0.1, 0.15) is 31.7 Å². The summed E-state index contributed by atoms with van der Waals surface area (Å²) in [6.45, 7) is 2.26. The molecule has 0 saturated heterocycles. The van der Waals surface area contributed by atoms with Crippen molar-refractivity contribution in [1.29, 1.82) is 0 Å². The van der Waals surface area contributed by atoms with E-state index in [0.717, 1.165) is 6.42 Å². The van der Waals surface area contributed by atoms with E-state index in [1.807, 2.05) is 4.99 Å². The number of benzene rings is 3. The Bertz CT molecular complexity index is 816. The lowest BCUT2D eigenvalue weighted by Gasteiger charge is -2.15. The van der Waals surface area contributed by atoms with Gasteiger partial charge in [-0.15, -0.1) is 0 Å². The number of hydrogen-bond donors (Lipinski definition) is 0. The SMILES string of the molecule is CCCCC(C=CBr)Cc1cccc2cc3ccccc3cc12. The minimum absolute atomic E-state index is 0.603. The molecule has 0 amide bonds. The van der Waals surface area contributed by atoms with Gasteiger partial charge < -0.3 is 0 Å². The molecule has 3 aromatic carbocycles. The molecule has 23 heavy (non-hydrogen) atoms. The molecule has 0 nitrogen and oxygen atoms in total. The summed E-state index contributed by atoms with van der Waals surface area (Å²) in [5.74, 6) is 0.603. The van der Waals surface area contributed by atoms with E-state index >= 15 is 0 Å². The van der Waals surface area contributed by atoms with Crippen molar-refractivity contribution in [3.8, 4) is 0 Å². The summed E-state index contributed by atoms with van der Waals surface area (Å²) in [5.41, 5.74) is 1.46. The number of halogens is 1. The Hall–Kier alpha value is -1.60. The normalized spacial score (nSPS) is 13.1. The number of fused-ring (bicyclic) bond motifs is 2. The first-order chi connectivity index (χ1) is 11.3. The van der Waals surface area contributed by atoms with Crippen LogP contribution >= 0.6 is 15.9 Å². The van der Waals surface area contributed by atoms with Crippen molar-refractivity contribution in [2.75, 3.05) is 0 Å². The molecule has 1 unspecified atom stereocenters. The predicted molar refractivity (Wildman–Crippen MR) is 106 cm³/mol. The molecule has 3 aromatic rings. The van der Waals surface area contributed by atoms with Crippen molar-refractivity contribution < 1.29 is 0 Å². The lowest BCUT2D eigenvalue weighted by atomic mass is 9.90. The van der Waals surface area contributed by atoms with Crippen LogP contribution < -0.4 is 0 Å². The van der Waals surface area contributed by atoms with Crippen LogP contribution in [-0.4, -0.2) is 0 Å². The summed E-state index contributed by atoms with van der Waals surface area (Å²) in [6.07, 6.45) is 7.21. The van der Waals surface area contributed by atoms with Gasteiger partial charge in [-0.05, 0) is 63.0 Å². The Balaban J connectivity index is 2.00. The molecule has 1 heteroatoms. The van der Waals surface area contributed by atoms with E-state index in [1.54, 1.807) is 0 Å². The number of unbranched alkanes of at least 4 members (excludes halogenated alkanes) is 1. The van der Waals surface area contributed by atoms with Crippen molar-refractivity contribution in [2.45, 2.75) is 32.6 Å². The zero-order chi connectivity index (χ0) is 16.1. The van der Waals surface area contributed by atoms with Gasteiger partial charge in [-0.1, -0.05) is 84.2 Å². The summed E-state index contributed by atoms with van der Waals surface area (Å²) in [5, 5.41) is 5.39. The van der Waals surface area contributed by atoms with Crippen LogP contribution in [0.2, 0.25) is 0 Å². The highest BCUT2D eigenvalue weighted by Crippen LogP contribution is 2.28. The fraction of sp³-hybridized carbons (Fsp3) is 0.273. The zero-order valence-corrected chi connectivity index (χ0v) is 15.2. The third-order valence-corrected chi connectivity index (χ3v) is 4.90. The highest BCUT2D eigenvalue weighted by molar-refractivity contribution is 9.11. The third kappa shape index (κ3) is 3.84. The molecule has 0 aliphatic rings. The standard InChI is InChI=1S/C22H23Br/c1-2-3-7-17(12-13-23)14-20-10-6-11-21-15-18-8-4-5-9-19(18)16-22(20)21/h4-6,8-13,15-17H,2-3,7,14H2,1H3. The molecule has 0 aliphatic carbocycles. The van der Waals surface area contributed by atoms with E-state index < -0.39 is 0 Å². The molecule has 0 aliphatic heterocycles. The van der Waals surface area contributed by atoms with Crippen molar-refractivity contribution >= 4 is 37.5 Å². The van der Waals surface area contributed by atoms with E-state index in [9.17, 15) is 0 Å². The van der Waals surface area contributed by atoms with Crippen LogP contribution in [0.15, 0.2) is 65.7 Å². The maximum atomic E-state index is 3.46. The average Bonchev–Trinajstić information content (AvgIpc) is 2.58. The van der Waals surface area contributed by atoms with Gasteiger partial charge in [-0.2, -0.15) is 0 Å². The fourth-order valence-electron chi connectivity index (χ4n) is 3.33. The second kappa shape index (κ2) is 7.79. The van der Waals surface area contributed by atoms with Crippen molar-refractivity contribution in [2.24, 2.45) is 5.92 Å². The van der Waals surface area contributed by atoms with Gasteiger partial charge in [-0.3, -0.25) is 0 Å². The van der Waals surface area contributed by atoms with Crippen molar-refractivity contribution in [1.82, 2.24) is 0 Å². The van der Waals surface area contributed by atoms with Gasteiger partial charge in [-0.25, -0.2) is 0 Å². The lowest BCUT2D eigenvalue weighted by Crippen LogP contribution is -2.02. The van der Waals surface area contributed by atoms with Gasteiger partial charge in [0.15, 0.2) is 0 Å². The average molecular weight is 367 g/mol. The van der Waals surface area contributed by atoms with E-state index in [4.69, 9.17) is 0 Å². The minimum Gasteiger partial charge on any atom is -0.0742 e. The zero-order valence-electron chi connectivity index (χ0n) is 13.6. The van der Waals surface area contributed by atoms with Gasteiger partial charge in [0.25, 0.3) is 0 Å². The van der Waals surface area contributed by atoms with Gasteiger partial charge in [0.05, 0.1) is 0 Å². The van der Waals surface area contributed by atoms with Crippen LogP contribution in [0.25, 0.3) is 21.5 Å². The summed E-state index contributed by atoms with van der Waals surface area (Å²) >= 11 is 3.46. The van der Waals surface area contributed by atoms with Crippen LogP contribution in [0, 0.1) is 5.92 Å². The summed E-state index contributed by atoms with van der Waals surface area (Å²) < 4.78 is 0. The molecule has 3 rings (SSSR count). The fourth-order valence-corrected chi connectivity index (χ4v) is 3.76. The molecule has 1 atom stereocenters. The molecule has 0 fully saturated rings. The van der Waals surface area contributed by atoms with Gasteiger partial charge in [0, 0.05) is 0 Å². The molecule has 118 valence electrons. The number of rotatable bonds is 6. The molecule has 0 saturated carbocycles. The molecule has 0 heterocycles. The van der Waals surface area contributed by atoms with Gasteiger partial charge in [0.1, 0.15) is 0 Å². The predicted octanol–water partition coefficient (Wildman–Crippen LogP) is 7.25. The highest BCUT2D eigenvalue weighted by Gasteiger charge is 2.09. The smallest absolute Gasteiger partial charge is 0.0145 e. The molecular weight excluding hydrogens is 344 g/mol. The maximum Gasteiger partial charge on any atom is -0.0145 e. The van der Waals surface area contributed by atoms with E-state index in [2.05, 4.69) is 83.5 Å². The Morgan fingerprint density at radius 3 is 2.43 bits per heavy atom. The topological polar surface area (TPSA) is 0 Å². The Kier molecular flexibility index (Phi) is 5.51. The van der Waals surface area contributed by atoms with Crippen molar-refractivity contribution in [3.05, 3.63) is 71.2 Å². The van der Waals surface area contributed by atoms with Crippen LogP contribution in [0.4, 0.5) is 0 Å². The second-order valence-electron chi connectivity index (χ2n) is 6.26. The molecule has 0 spiro atoms. The first-order valence-corrected chi connectivity index (χ1v) is 9.40. The van der Waals surface area contributed by atoms with E-state index in [0.29, 0.717) is 5.92 Å². The summed E-state index contributed by atoms with van der Waals surface area (Å²) in [6, 6.07) is 20.0. The second-order valence-corrected chi connectivity index (χ2v) is 6.79. The number of hydrogen-bond acceptors (Lipinski definition) is 0. The molecule has 0 N–H and O–H groups in total.